The highest BCUT2D eigenvalue weighted by Crippen LogP contribution is 2.30. The van der Waals surface area contributed by atoms with Gasteiger partial charge in [0.15, 0.2) is 11.6 Å². The van der Waals surface area contributed by atoms with Crippen LogP contribution in [0.1, 0.15) is 37.7 Å². The number of aryl methyl sites for hydroxylation is 1. The molecule has 0 saturated carbocycles. The molecule has 2 aromatic heterocycles. The van der Waals surface area contributed by atoms with E-state index in [1.165, 1.54) is 11.5 Å². The summed E-state index contributed by atoms with van der Waals surface area (Å²) < 4.78 is 33.7. The molecule has 0 N–H and O–H groups in total. The third-order valence-electron chi connectivity index (χ3n) is 4.65. The quantitative estimate of drug-likeness (QED) is 0.733. The normalized spacial score (nSPS) is 16.3. The van der Waals surface area contributed by atoms with E-state index in [-0.39, 0.29) is 35.3 Å². The van der Waals surface area contributed by atoms with Crippen molar-refractivity contribution in [2.75, 3.05) is 0 Å². The molecule has 2 aromatic rings. The molecule has 0 aromatic carbocycles. The first-order chi connectivity index (χ1) is 13.7. The molecule has 1 aliphatic heterocycles. The number of pyridine rings is 2. The van der Waals surface area contributed by atoms with E-state index in [9.17, 15) is 18.4 Å². The van der Waals surface area contributed by atoms with Crippen LogP contribution in [0, 0.1) is 18.6 Å². The van der Waals surface area contributed by atoms with Crippen molar-refractivity contribution < 1.29 is 18.3 Å². The molecule has 3 rings (SSSR count). The number of Topliss-reactive ketones (excluding diaryl/α,β-unsaturated/α-hetero) is 1. The van der Waals surface area contributed by atoms with Gasteiger partial charge in [0.1, 0.15) is 28.9 Å². The van der Waals surface area contributed by atoms with E-state index < -0.39 is 23.2 Å². The lowest BCUT2D eigenvalue weighted by atomic mass is 9.98. The van der Waals surface area contributed by atoms with Gasteiger partial charge in [0.05, 0.1) is 18.0 Å². The topological polar surface area (TPSA) is 73.6 Å². The van der Waals surface area contributed by atoms with E-state index in [0.29, 0.717) is 17.5 Å². The van der Waals surface area contributed by atoms with Crippen LogP contribution in [0.25, 0.3) is 0 Å². The van der Waals surface area contributed by atoms with E-state index >= 15 is 0 Å². The maximum Gasteiger partial charge on any atom is 0.273 e. The van der Waals surface area contributed by atoms with E-state index in [2.05, 4.69) is 9.98 Å². The van der Waals surface area contributed by atoms with Gasteiger partial charge in [-0.2, -0.15) is 0 Å². The fourth-order valence-electron chi connectivity index (χ4n) is 3.07. The minimum Gasteiger partial charge on any atom is -0.485 e. The smallest absolute Gasteiger partial charge is 0.273 e. The van der Waals surface area contributed by atoms with Crippen LogP contribution in [-0.4, -0.2) is 21.0 Å². The maximum atomic E-state index is 13.7. The molecule has 0 spiro atoms. The fraction of sp³-hybridized carbons (Fsp3) is 0.300. The standard InChI is InChI=1S/C20H18ClF2N3O3/c1-10-7-24-15(12(3)27)6-17(10)26-11(2)4-18(19(21)20(26)28)29-9-16-14(23)5-13(22)8-25-16/h4-5,7-8,17H,6,9H2,1-3H3/t17-/m1/s1. The van der Waals surface area contributed by atoms with Gasteiger partial charge in [-0.3, -0.25) is 19.6 Å². The molecule has 0 saturated heterocycles. The molecule has 3 heterocycles. The summed E-state index contributed by atoms with van der Waals surface area (Å²) in [4.78, 5) is 32.4. The Morgan fingerprint density at radius 2 is 2.07 bits per heavy atom. The Morgan fingerprint density at radius 3 is 2.72 bits per heavy atom. The lowest BCUT2D eigenvalue weighted by Crippen LogP contribution is -2.32. The Labute approximate surface area is 170 Å². The van der Waals surface area contributed by atoms with Crippen molar-refractivity contribution in [3.63, 3.8) is 0 Å². The zero-order valence-corrected chi connectivity index (χ0v) is 16.8. The number of nitrogens with zero attached hydrogens (tertiary/aromatic N) is 3. The minimum absolute atomic E-state index is 0.0637. The second-order valence-electron chi connectivity index (χ2n) is 6.73. The first kappa shape index (κ1) is 20.9. The summed E-state index contributed by atoms with van der Waals surface area (Å²) in [5.74, 6) is -1.75. The van der Waals surface area contributed by atoms with Crippen molar-refractivity contribution in [2.24, 2.45) is 4.99 Å². The Bertz CT molecular complexity index is 1110. The van der Waals surface area contributed by atoms with Crippen molar-refractivity contribution in [3.8, 4) is 5.75 Å². The molecule has 0 amide bonds. The summed E-state index contributed by atoms with van der Waals surface area (Å²) in [6.45, 7) is 4.62. The Kier molecular flexibility index (Phi) is 5.93. The van der Waals surface area contributed by atoms with Crippen LogP contribution in [0.3, 0.4) is 0 Å². The third-order valence-corrected chi connectivity index (χ3v) is 4.99. The summed E-state index contributed by atoms with van der Waals surface area (Å²) in [5, 5.41) is -0.183. The first-order valence-corrected chi connectivity index (χ1v) is 9.15. The molecule has 0 fully saturated rings. The average Bonchev–Trinajstić information content (AvgIpc) is 2.66. The number of rotatable bonds is 5. The number of ether oxygens (including phenoxy) is 1. The number of aliphatic imine (C=N–C) groups is 1. The third kappa shape index (κ3) is 4.27. The number of ketones is 1. The lowest BCUT2D eigenvalue weighted by Gasteiger charge is -2.26. The number of aromatic nitrogens is 2. The molecule has 6 nitrogen and oxygen atoms in total. The summed E-state index contributed by atoms with van der Waals surface area (Å²) in [7, 11) is 0. The molecule has 0 aliphatic carbocycles. The summed E-state index contributed by atoms with van der Waals surface area (Å²) >= 11 is 6.22. The van der Waals surface area contributed by atoms with Crippen molar-refractivity contribution in [1.29, 1.82) is 0 Å². The first-order valence-electron chi connectivity index (χ1n) is 8.77. The predicted molar refractivity (Wildman–Crippen MR) is 104 cm³/mol. The Balaban J connectivity index is 1.91. The molecule has 0 radical (unpaired) electrons. The Hall–Kier alpha value is -2.87. The van der Waals surface area contributed by atoms with Crippen LogP contribution >= 0.6 is 11.6 Å². The van der Waals surface area contributed by atoms with Gasteiger partial charge in [-0.1, -0.05) is 11.6 Å². The summed E-state index contributed by atoms with van der Waals surface area (Å²) in [5.41, 5.74) is 1.11. The average molecular weight is 422 g/mol. The van der Waals surface area contributed by atoms with E-state index in [4.69, 9.17) is 16.3 Å². The molecule has 152 valence electrons. The van der Waals surface area contributed by atoms with Gasteiger partial charge in [-0.25, -0.2) is 8.78 Å². The maximum absolute atomic E-state index is 13.7. The van der Waals surface area contributed by atoms with Crippen LogP contribution in [0.2, 0.25) is 5.02 Å². The van der Waals surface area contributed by atoms with Crippen LogP contribution in [0.4, 0.5) is 8.78 Å². The van der Waals surface area contributed by atoms with E-state index in [0.717, 1.165) is 11.8 Å². The Morgan fingerprint density at radius 1 is 1.34 bits per heavy atom. The zero-order valence-electron chi connectivity index (χ0n) is 16.0. The predicted octanol–water partition coefficient (Wildman–Crippen LogP) is 3.94. The number of hydrogen-bond acceptors (Lipinski definition) is 5. The van der Waals surface area contributed by atoms with Crippen molar-refractivity contribution in [3.05, 3.63) is 68.5 Å². The van der Waals surface area contributed by atoms with Crippen LogP contribution < -0.4 is 10.3 Å². The van der Waals surface area contributed by atoms with Crippen molar-refractivity contribution in [1.82, 2.24) is 9.55 Å². The number of halogens is 3. The van der Waals surface area contributed by atoms with E-state index in [1.54, 1.807) is 19.2 Å². The molecule has 1 atom stereocenters. The second kappa shape index (κ2) is 8.24. The molecule has 0 bridgehead atoms. The zero-order chi connectivity index (χ0) is 21.3. The van der Waals surface area contributed by atoms with Crippen molar-refractivity contribution in [2.45, 2.75) is 39.8 Å². The van der Waals surface area contributed by atoms with Gasteiger partial charge in [0.25, 0.3) is 5.56 Å². The SMILES string of the molecule is CC(=O)C1=NC=C(C)[C@H](n2c(C)cc(OCc3ncc(F)cc3F)c(Cl)c2=O)C1. The lowest BCUT2D eigenvalue weighted by molar-refractivity contribution is -0.111. The molecular weight excluding hydrogens is 404 g/mol. The van der Waals surface area contributed by atoms with Gasteiger partial charge in [0.2, 0.25) is 0 Å². The largest absolute Gasteiger partial charge is 0.485 e. The van der Waals surface area contributed by atoms with Crippen molar-refractivity contribution >= 4 is 23.1 Å². The van der Waals surface area contributed by atoms with Gasteiger partial charge in [-0.15, -0.1) is 0 Å². The molecular formula is C20H18ClF2N3O3. The van der Waals surface area contributed by atoms with Gasteiger partial charge >= 0.3 is 0 Å². The number of carbonyl (C=O) groups is 1. The van der Waals surface area contributed by atoms with Gasteiger partial charge < -0.3 is 9.30 Å². The van der Waals surface area contributed by atoms with Crippen LogP contribution in [-0.2, 0) is 11.4 Å². The molecule has 29 heavy (non-hydrogen) atoms. The highest BCUT2D eigenvalue weighted by atomic mass is 35.5. The number of carbonyl (C=O) groups excluding carboxylic acids is 1. The monoisotopic (exact) mass is 421 g/mol. The van der Waals surface area contributed by atoms with Gasteiger partial charge in [-0.05, 0) is 19.4 Å². The number of allylic oxidation sites excluding steroid dienone is 1. The molecule has 9 heteroatoms. The van der Waals surface area contributed by atoms with E-state index in [1.807, 2.05) is 6.92 Å². The summed E-state index contributed by atoms with van der Waals surface area (Å²) in [6, 6.07) is 1.85. The van der Waals surface area contributed by atoms with Crippen LogP contribution in [0.15, 0.2) is 39.9 Å². The second-order valence-corrected chi connectivity index (χ2v) is 7.11. The fourth-order valence-corrected chi connectivity index (χ4v) is 3.27. The molecule has 0 unspecified atom stereocenters. The minimum atomic E-state index is -0.856. The number of hydrogen-bond donors (Lipinski definition) is 0. The molecule has 1 aliphatic rings. The highest BCUT2D eigenvalue weighted by Gasteiger charge is 2.26. The summed E-state index contributed by atoms with van der Waals surface area (Å²) in [6.07, 6.45) is 2.72. The van der Waals surface area contributed by atoms with Crippen LogP contribution in [0.5, 0.6) is 5.75 Å². The van der Waals surface area contributed by atoms with Gasteiger partial charge in [0, 0.05) is 37.4 Å². The highest BCUT2D eigenvalue weighted by molar-refractivity contribution is 6.39.